The van der Waals surface area contributed by atoms with Crippen LogP contribution in [-0.2, 0) is 12.7 Å². The summed E-state index contributed by atoms with van der Waals surface area (Å²) in [7, 11) is 4.43. The Kier molecular flexibility index (Phi) is 7.19. The largest absolute Gasteiger partial charge is 0.502 e. The Labute approximate surface area is 167 Å². The van der Waals surface area contributed by atoms with E-state index in [1.54, 1.807) is 32.2 Å². The highest BCUT2D eigenvalue weighted by Crippen LogP contribution is 2.37. The van der Waals surface area contributed by atoms with Crippen molar-refractivity contribution < 1.29 is 27.8 Å². The van der Waals surface area contributed by atoms with Crippen molar-refractivity contribution in [2.24, 2.45) is 4.99 Å². The number of rotatable bonds is 6. The van der Waals surface area contributed by atoms with Gasteiger partial charge in [-0.3, -0.25) is 4.99 Å². The summed E-state index contributed by atoms with van der Waals surface area (Å²) in [6.45, 7) is 2.07. The third-order valence-electron chi connectivity index (χ3n) is 4.29. The van der Waals surface area contributed by atoms with Crippen LogP contribution in [-0.4, -0.2) is 32.3 Å². The van der Waals surface area contributed by atoms with Crippen LogP contribution in [0, 0.1) is 0 Å². The molecule has 2 aromatic rings. The minimum atomic E-state index is -4.40. The molecule has 158 valence electrons. The molecule has 6 nitrogen and oxygen atoms in total. The van der Waals surface area contributed by atoms with E-state index in [9.17, 15) is 18.3 Å². The summed E-state index contributed by atoms with van der Waals surface area (Å²) in [5.74, 6) is 0.836. The van der Waals surface area contributed by atoms with Crippen molar-refractivity contribution in [3.05, 3.63) is 53.1 Å². The molecule has 0 spiro atoms. The van der Waals surface area contributed by atoms with E-state index in [0.29, 0.717) is 18.1 Å². The molecule has 1 unspecified atom stereocenters. The zero-order chi connectivity index (χ0) is 21.6. The molecule has 1 atom stereocenters. The lowest BCUT2D eigenvalue weighted by Crippen LogP contribution is -2.38. The molecule has 0 fully saturated rings. The molecule has 2 rings (SSSR count). The number of aromatic hydroxyl groups is 1. The Morgan fingerprint density at radius 3 is 2.28 bits per heavy atom. The number of phenolic OH excluding ortho intramolecular Hbond substituents is 1. The lowest BCUT2D eigenvalue weighted by atomic mass is 10.1. The number of methoxy groups -OCH3 is 2. The van der Waals surface area contributed by atoms with E-state index in [1.807, 2.05) is 0 Å². The van der Waals surface area contributed by atoms with Crippen LogP contribution in [0.5, 0.6) is 17.2 Å². The topological polar surface area (TPSA) is 75.1 Å². The molecular formula is C20H24F3N3O3. The zero-order valence-electron chi connectivity index (χ0n) is 16.6. The van der Waals surface area contributed by atoms with Crippen LogP contribution in [0.1, 0.15) is 29.7 Å². The molecule has 0 saturated carbocycles. The van der Waals surface area contributed by atoms with Crippen LogP contribution in [0.25, 0.3) is 0 Å². The fourth-order valence-corrected chi connectivity index (χ4v) is 2.70. The number of aliphatic imine (C=N–C) groups is 1. The van der Waals surface area contributed by atoms with E-state index >= 15 is 0 Å². The Morgan fingerprint density at radius 1 is 1.14 bits per heavy atom. The van der Waals surface area contributed by atoms with Crippen molar-refractivity contribution in [1.82, 2.24) is 10.6 Å². The summed E-state index contributed by atoms with van der Waals surface area (Å²) < 4.78 is 49.0. The van der Waals surface area contributed by atoms with Gasteiger partial charge in [0.2, 0.25) is 5.75 Å². The summed E-state index contributed by atoms with van der Waals surface area (Å²) in [5, 5.41) is 16.1. The standard InChI is InChI=1S/C20H24F3N3O3/c1-12(14-6-5-7-15(10-14)20(21,22)23)26-19(24-2)25-11-13-8-16(28-3)18(27)17(9-13)29-4/h5-10,12,27H,11H2,1-4H3,(H2,24,25,26). The quantitative estimate of drug-likeness (QED) is 0.497. The van der Waals surface area contributed by atoms with Crippen LogP contribution >= 0.6 is 0 Å². The first kappa shape index (κ1) is 22.2. The number of hydrogen-bond donors (Lipinski definition) is 3. The molecule has 0 amide bonds. The van der Waals surface area contributed by atoms with Gasteiger partial charge in [-0.25, -0.2) is 0 Å². The molecule has 0 aliphatic rings. The van der Waals surface area contributed by atoms with Crippen LogP contribution in [0.4, 0.5) is 13.2 Å². The number of halogens is 3. The molecule has 0 heterocycles. The number of hydrogen-bond acceptors (Lipinski definition) is 4. The van der Waals surface area contributed by atoms with Gasteiger partial charge in [0, 0.05) is 13.6 Å². The van der Waals surface area contributed by atoms with Gasteiger partial charge in [-0.05, 0) is 42.3 Å². The molecule has 0 aromatic heterocycles. The maximum absolute atomic E-state index is 12.9. The summed E-state index contributed by atoms with van der Waals surface area (Å²) >= 11 is 0. The second-order valence-electron chi connectivity index (χ2n) is 6.26. The van der Waals surface area contributed by atoms with Crippen LogP contribution < -0.4 is 20.1 Å². The van der Waals surface area contributed by atoms with Crippen molar-refractivity contribution in [2.75, 3.05) is 21.3 Å². The zero-order valence-corrected chi connectivity index (χ0v) is 16.6. The maximum atomic E-state index is 12.9. The Balaban J connectivity index is 2.08. The third kappa shape index (κ3) is 5.69. The number of phenols is 1. The molecule has 0 saturated heterocycles. The summed E-state index contributed by atoms with van der Waals surface area (Å²) in [6, 6.07) is 8.03. The minimum Gasteiger partial charge on any atom is -0.502 e. The molecule has 9 heteroatoms. The lowest BCUT2D eigenvalue weighted by Gasteiger charge is -2.20. The normalized spacial score (nSPS) is 13.0. The number of nitrogens with one attached hydrogen (secondary N) is 2. The SMILES string of the molecule is CN=C(NCc1cc(OC)c(O)c(OC)c1)NC(C)c1cccc(C(F)(F)F)c1. The average molecular weight is 411 g/mol. The van der Waals surface area contributed by atoms with Crippen molar-refractivity contribution in [3.8, 4) is 17.2 Å². The molecule has 2 aromatic carbocycles. The Morgan fingerprint density at radius 2 is 1.76 bits per heavy atom. The summed E-state index contributed by atoms with van der Waals surface area (Å²) in [5.41, 5.74) is 0.539. The van der Waals surface area contributed by atoms with Crippen molar-refractivity contribution in [2.45, 2.75) is 25.7 Å². The van der Waals surface area contributed by atoms with Crippen molar-refractivity contribution >= 4 is 5.96 Å². The number of nitrogens with zero attached hydrogens (tertiary/aromatic N) is 1. The first-order valence-corrected chi connectivity index (χ1v) is 8.77. The van der Waals surface area contributed by atoms with Gasteiger partial charge in [0.05, 0.1) is 25.8 Å². The number of ether oxygens (including phenoxy) is 2. The smallest absolute Gasteiger partial charge is 0.416 e. The van der Waals surface area contributed by atoms with Gasteiger partial charge >= 0.3 is 6.18 Å². The van der Waals surface area contributed by atoms with E-state index in [1.165, 1.54) is 20.3 Å². The molecule has 0 aliphatic carbocycles. The molecule has 29 heavy (non-hydrogen) atoms. The molecular weight excluding hydrogens is 387 g/mol. The van der Waals surface area contributed by atoms with Crippen molar-refractivity contribution in [3.63, 3.8) is 0 Å². The Hall–Kier alpha value is -3.10. The minimum absolute atomic E-state index is 0.0978. The van der Waals surface area contributed by atoms with Crippen LogP contribution in [0.2, 0.25) is 0 Å². The fourth-order valence-electron chi connectivity index (χ4n) is 2.70. The predicted octanol–water partition coefficient (Wildman–Crippen LogP) is 3.85. The van der Waals surface area contributed by atoms with E-state index in [4.69, 9.17) is 9.47 Å². The molecule has 0 aliphatic heterocycles. The number of benzene rings is 2. The maximum Gasteiger partial charge on any atom is 0.416 e. The van der Waals surface area contributed by atoms with E-state index in [2.05, 4.69) is 15.6 Å². The predicted molar refractivity (Wildman–Crippen MR) is 104 cm³/mol. The van der Waals surface area contributed by atoms with Crippen molar-refractivity contribution in [1.29, 1.82) is 0 Å². The third-order valence-corrected chi connectivity index (χ3v) is 4.29. The molecule has 0 bridgehead atoms. The molecule has 3 N–H and O–H groups in total. The highest BCUT2D eigenvalue weighted by atomic mass is 19.4. The van der Waals surface area contributed by atoms with Gasteiger partial charge in [0.1, 0.15) is 0 Å². The fraction of sp³-hybridized carbons (Fsp3) is 0.350. The van der Waals surface area contributed by atoms with E-state index < -0.39 is 17.8 Å². The van der Waals surface area contributed by atoms with Gasteiger partial charge in [-0.2, -0.15) is 13.2 Å². The van der Waals surface area contributed by atoms with Gasteiger partial charge in [0.25, 0.3) is 0 Å². The number of alkyl halides is 3. The first-order chi connectivity index (χ1) is 13.7. The van der Waals surface area contributed by atoms with Crippen LogP contribution in [0.3, 0.4) is 0 Å². The van der Waals surface area contributed by atoms with E-state index in [-0.39, 0.29) is 17.2 Å². The highest BCUT2D eigenvalue weighted by Gasteiger charge is 2.30. The average Bonchev–Trinajstić information content (AvgIpc) is 2.71. The first-order valence-electron chi connectivity index (χ1n) is 8.77. The number of guanidine groups is 1. The van der Waals surface area contributed by atoms with Gasteiger partial charge in [0.15, 0.2) is 17.5 Å². The second kappa shape index (κ2) is 9.40. The highest BCUT2D eigenvalue weighted by molar-refractivity contribution is 5.80. The summed E-state index contributed by atoms with van der Waals surface area (Å²) in [4.78, 5) is 4.10. The van der Waals surface area contributed by atoms with Crippen LogP contribution in [0.15, 0.2) is 41.4 Å². The van der Waals surface area contributed by atoms with Gasteiger partial charge in [-0.15, -0.1) is 0 Å². The monoisotopic (exact) mass is 411 g/mol. The van der Waals surface area contributed by atoms with Gasteiger partial charge < -0.3 is 25.2 Å². The Bertz CT molecular complexity index is 845. The lowest BCUT2D eigenvalue weighted by molar-refractivity contribution is -0.137. The van der Waals surface area contributed by atoms with Gasteiger partial charge in [-0.1, -0.05) is 12.1 Å². The van der Waals surface area contributed by atoms with E-state index in [0.717, 1.165) is 17.7 Å². The summed E-state index contributed by atoms with van der Waals surface area (Å²) in [6.07, 6.45) is -4.40. The second-order valence-corrected chi connectivity index (χ2v) is 6.26. The molecule has 0 radical (unpaired) electrons.